The number of ether oxygens (including phenoxy) is 4. The Hall–Kier alpha value is -2.91. The molecule has 3 aromatic heterocycles. The van der Waals surface area contributed by atoms with E-state index in [0.29, 0.717) is 42.2 Å². The normalized spacial score (nSPS) is 18.5. The third kappa shape index (κ3) is 6.81. The quantitative estimate of drug-likeness (QED) is 0.355. The van der Waals surface area contributed by atoms with Gasteiger partial charge in [-0.2, -0.15) is 0 Å². The molecule has 0 spiro atoms. The average molecular weight is 582 g/mol. The van der Waals surface area contributed by atoms with Gasteiger partial charge in [-0.1, -0.05) is 17.7 Å². The number of pyridine rings is 1. The summed E-state index contributed by atoms with van der Waals surface area (Å²) in [5.74, 6) is 0.884. The predicted octanol–water partition coefficient (Wildman–Crippen LogP) is 3.07. The zero-order chi connectivity index (χ0) is 28.2. The highest BCUT2D eigenvalue weighted by atomic mass is 35.5. The fourth-order valence-electron chi connectivity index (χ4n) is 4.05. The van der Waals surface area contributed by atoms with Crippen LogP contribution in [0.3, 0.4) is 0 Å². The molecule has 3 aromatic rings. The lowest BCUT2D eigenvalue weighted by Gasteiger charge is -2.30. The van der Waals surface area contributed by atoms with E-state index < -0.39 is 27.4 Å². The van der Waals surface area contributed by atoms with Crippen LogP contribution >= 0.6 is 11.6 Å². The predicted molar refractivity (Wildman–Crippen MR) is 143 cm³/mol. The lowest BCUT2D eigenvalue weighted by Crippen LogP contribution is -2.37. The van der Waals surface area contributed by atoms with E-state index in [1.807, 2.05) is 6.92 Å². The number of anilines is 1. The van der Waals surface area contributed by atoms with Crippen molar-refractivity contribution in [3.8, 4) is 17.4 Å². The van der Waals surface area contributed by atoms with Gasteiger partial charge < -0.3 is 18.9 Å². The zero-order valence-electron chi connectivity index (χ0n) is 22.3. The van der Waals surface area contributed by atoms with Crippen molar-refractivity contribution in [3.05, 3.63) is 41.4 Å². The zero-order valence-corrected chi connectivity index (χ0v) is 23.9. The van der Waals surface area contributed by atoms with Crippen LogP contribution in [-0.4, -0.2) is 82.5 Å². The average Bonchev–Trinajstić information content (AvgIpc) is 3.34. The van der Waals surface area contributed by atoms with Crippen molar-refractivity contribution in [2.24, 2.45) is 0 Å². The molecule has 4 heterocycles. The summed E-state index contributed by atoms with van der Waals surface area (Å²) in [4.78, 5) is 12.9. The molecule has 1 saturated heterocycles. The van der Waals surface area contributed by atoms with Crippen LogP contribution in [0.25, 0.3) is 11.5 Å². The highest BCUT2D eigenvalue weighted by Crippen LogP contribution is 2.31. The smallest absolute Gasteiger partial charge is 0.240 e. The number of halogens is 1. The topological polar surface area (TPSA) is 152 Å². The van der Waals surface area contributed by atoms with Crippen LogP contribution in [0.1, 0.15) is 45.7 Å². The molecule has 1 unspecified atom stereocenters. The second-order valence-electron chi connectivity index (χ2n) is 9.22. The van der Waals surface area contributed by atoms with Gasteiger partial charge in [0, 0.05) is 18.5 Å². The van der Waals surface area contributed by atoms with E-state index in [9.17, 15) is 8.42 Å². The monoisotopic (exact) mass is 581 g/mol. The number of rotatable bonds is 11. The van der Waals surface area contributed by atoms with Crippen LogP contribution in [-0.2, 0) is 24.2 Å². The summed E-state index contributed by atoms with van der Waals surface area (Å²) in [5, 5.41) is 7.68. The van der Waals surface area contributed by atoms with Crippen LogP contribution < -0.4 is 9.46 Å². The number of aromatic nitrogens is 6. The van der Waals surface area contributed by atoms with Crippen LogP contribution in [0.15, 0.2) is 30.6 Å². The number of hydrogen-bond donors (Lipinski definition) is 1. The number of nitrogens with zero attached hydrogens (tertiary/aromatic N) is 6. The van der Waals surface area contributed by atoms with Crippen LogP contribution in [0, 0.1) is 0 Å². The Kier molecular flexibility index (Phi) is 9.33. The molecule has 13 nitrogen and oxygen atoms in total. The minimum atomic E-state index is -4.11. The van der Waals surface area contributed by atoms with Gasteiger partial charge in [-0.25, -0.2) is 23.4 Å². The molecule has 0 aliphatic carbocycles. The third-order valence-corrected chi connectivity index (χ3v) is 8.00. The number of sulfonamides is 1. The van der Waals surface area contributed by atoms with Crippen molar-refractivity contribution in [1.82, 2.24) is 29.7 Å². The first-order valence-electron chi connectivity index (χ1n) is 12.4. The first kappa shape index (κ1) is 29.1. The van der Waals surface area contributed by atoms with Gasteiger partial charge >= 0.3 is 0 Å². The van der Waals surface area contributed by atoms with Crippen molar-refractivity contribution in [3.63, 3.8) is 0 Å². The molecule has 39 heavy (non-hydrogen) atoms. The van der Waals surface area contributed by atoms with Crippen molar-refractivity contribution in [2.45, 2.75) is 57.3 Å². The fourth-order valence-corrected chi connectivity index (χ4v) is 5.24. The van der Waals surface area contributed by atoms with E-state index in [1.165, 1.54) is 26.4 Å². The van der Waals surface area contributed by atoms with Crippen molar-refractivity contribution in [1.29, 1.82) is 0 Å². The van der Waals surface area contributed by atoms with Crippen LogP contribution in [0.2, 0.25) is 5.02 Å². The molecule has 0 saturated carbocycles. The Morgan fingerprint density at radius 3 is 2.51 bits per heavy atom. The summed E-state index contributed by atoms with van der Waals surface area (Å²) in [6.07, 6.45) is 1.13. The Balaban J connectivity index is 1.72. The molecule has 4 rings (SSSR count). The van der Waals surface area contributed by atoms with Gasteiger partial charge in [0.25, 0.3) is 0 Å². The van der Waals surface area contributed by atoms with E-state index in [2.05, 4.69) is 29.9 Å². The second kappa shape index (κ2) is 12.5. The van der Waals surface area contributed by atoms with Gasteiger partial charge in [-0.05, 0) is 33.8 Å². The molecular formula is C24H32ClN7O6S. The standard InChI is InChI=1S/C24H32ClN7O6S/c1-14(2)38-21(22-26-11-17(25)12-27-22)16(4)39(33,34)31-24-30-29-23(18-7-6-8-20(28-18)35-5)32(24)15(3)19-13-36-9-10-37-19/h6-8,11-12,14-16,19,21H,9-10,13H2,1-5H3,(H,30,31)/t15-,16+,19?,21-/m1/s1. The van der Waals surface area contributed by atoms with E-state index >= 15 is 0 Å². The summed E-state index contributed by atoms with van der Waals surface area (Å²) in [6.45, 7) is 8.21. The molecule has 4 atom stereocenters. The van der Waals surface area contributed by atoms with Crippen LogP contribution in [0.4, 0.5) is 5.95 Å². The van der Waals surface area contributed by atoms with E-state index in [1.54, 1.807) is 36.6 Å². The molecule has 1 fully saturated rings. The SMILES string of the molecule is COc1cccc(-c2nnc(NS(=O)(=O)[C@@H](C)[C@@H](OC(C)C)c3ncc(Cl)cn3)n2[C@H](C)C2COCCO2)n1. The third-order valence-electron chi connectivity index (χ3n) is 6.11. The lowest BCUT2D eigenvalue weighted by atomic mass is 10.1. The van der Waals surface area contributed by atoms with E-state index in [0.717, 1.165) is 0 Å². The maximum Gasteiger partial charge on any atom is 0.240 e. The molecule has 1 N–H and O–H groups in total. The molecule has 0 radical (unpaired) electrons. The molecule has 0 aromatic carbocycles. The maximum atomic E-state index is 13.7. The maximum absolute atomic E-state index is 13.7. The molecule has 1 aliphatic rings. The lowest BCUT2D eigenvalue weighted by molar-refractivity contribution is -0.104. The first-order chi connectivity index (χ1) is 18.6. The Labute approximate surface area is 232 Å². The molecule has 0 amide bonds. The minimum Gasteiger partial charge on any atom is -0.481 e. The number of nitrogens with one attached hydrogen (secondary N) is 1. The van der Waals surface area contributed by atoms with E-state index in [-0.39, 0.29) is 24.0 Å². The Morgan fingerprint density at radius 1 is 1.13 bits per heavy atom. The van der Waals surface area contributed by atoms with Gasteiger partial charge in [0.15, 0.2) is 11.6 Å². The fraction of sp³-hybridized carbons (Fsp3) is 0.542. The molecule has 0 bridgehead atoms. The summed E-state index contributed by atoms with van der Waals surface area (Å²) in [6, 6.07) is 4.78. The van der Waals surface area contributed by atoms with Gasteiger partial charge in [0.2, 0.25) is 21.9 Å². The van der Waals surface area contributed by atoms with Crippen molar-refractivity contribution < 1.29 is 27.4 Å². The molecule has 1 aliphatic heterocycles. The minimum absolute atomic E-state index is 0.0107. The van der Waals surface area contributed by atoms with Crippen molar-refractivity contribution in [2.75, 3.05) is 31.7 Å². The number of methoxy groups -OCH3 is 1. The van der Waals surface area contributed by atoms with Gasteiger partial charge in [-0.15, -0.1) is 10.2 Å². The van der Waals surface area contributed by atoms with Gasteiger partial charge in [0.05, 0.1) is 44.1 Å². The summed E-state index contributed by atoms with van der Waals surface area (Å²) < 4.78 is 54.4. The van der Waals surface area contributed by atoms with Gasteiger partial charge in [0.1, 0.15) is 23.2 Å². The highest BCUT2D eigenvalue weighted by Gasteiger charge is 2.37. The Bertz CT molecular complexity index is 1350. The highest BCUT2D eigenvalue weighted by molar-refractivity contribution is 7.93. The van der Waals surface area contributed by atoms with Crippen LogP contribution in [0.5, 0.6) is 5.88 Å². The summed E-state index contributed by atoms with van der Waals surface area (Å²) in [7, 11) is -2.61. The summed E-state index contributed by atoms with van der Waals surface area (Å²) >= 11 is 5.94. The van der Waals surface area contributed by atoms with Gasteiger partial charge in [-0.3, -0.25) is 9.29 Å². The molecule has 212 valence electrons. The summed E-state index contributed by atoms with van der Waals surface area (Å²) in [5.41, 5.74) is 0.444. The first-order valence-corrected chi connectivity index (χ1v) is 14.3. The second-order valence-corrected chi connectivity index (χ2v) is 11.7. The molecular weight excluding hydrogens is 550 g/mol. The number of hydrogen-bond acceptors (Lipinski definition) is 11. The molecule has 15 heteroatoms. The largest absolute Gasteiger partial charge is 0.481 e. The van der Waals surface area contributed by atoms with Crippen molar-refractivity contribution >= 4 is 27.6 Å². The Morgan fingerprint density at radius 2 is 1.87 bits per heavy atom. The van der Waals surface area contributed by atoms with E-state index in [4.69, 9.17) is 30.5 Å².